The summed E-state index contributed by atoms with van der Waals surface area (Å²) in [4.78, 5) is 10.2. The first kappa shape index (κ1) is 23.4. The molecule has 8 rings (SSSR count). The van der Waals surface area contributed by atoms with Crippen LogP contribution < -0.4 is 0 Å². The smallest absolute Gasteiger partial charge is 0.162 e. The molecule has 0 spiro atoms. The first-order valence-electron chi connectivity index (χ1n) is 14.0. The van der Waals surface area contributed by atoms with Crippen LogP contribution in [-0.4, -0.2) is 14.5 Å². The van der Waals surface area contributed by atoms with E-state index in [0.717, 1.165) is 68.7 Å². The standard InChI is InChI=1S/C38H25N3/c1-4-12-26(13-5-1)30-21-20-27-22-23-35-37(32(27)24-30)31-18-10-11-19-34(31)41(35)36-25-33(28-14-6-2-7-15-28)39-38(40-36)29-16-8-3-9-17-29/h1-6,8-14,16-19,22-25H,7,15H2. The molecule has 41 heavy (non-hydrogen) atoms. The lowest BCUT2D eigenvalue weighted by Crippen LogP contribution is -2.04. The van der Waals surface area contributed by atoms with E-state index in [2.05, 4.69) is 120 Å². The van der Waals surface area contributed by atoms with Gasteiger partial charge in [0.1, 0.15) is 5.82 Å². The van der Waals surface area contributed by atoms with Crippen molar-refractivity contribution in [2.45, 2.75) is 12.8 Å². The summed E-state index contributed by atoms with van der Waals surface area (Å²) in [7, 11) is 0. The Kier molecular flexibility index (Phi) is 5.50. The lowest BCUT2D eigenvalue weighted by Gasteiger charge is -2.14. The van der Waals surface area contributed by atoms with Gasteiger partial charge in [-0.25, -0.2) is 9.97 Å². The van der Waals surface area contributed by atoms with Crippen LogP contribution >= 0.6 is 0 Å². The molecular formula is C38H25N3. The summed E-state index contributed by atoms with van der Waals surface area (Å²) in [6.07, 6.45) is 8.51. The van der Waals surface area contributed by atoms with Crippen LogP contribution in [0, 0.1) is 12.1 Å². The minimum Gasteiger partial charge on any atom is -0.294 e. The second kappa shape index (κ2) is 9.62. The van der Waals surface area contributed by atoms with Crippen LogP contribution in [0.2, 0.25) is 0 Å². The summed E-state index contributed by atoms with van der Waals surface area (Å²) in [5.74, 6) is 1.60. The molecule has 0 aliphatic heterocycles. The Bertz CT molecular complexity index is 2130. The van der Waals surface area contributed by atoms with Crippen LogP contribution in [0.4, 0.5) is 0 Å². The minimum atomic E-state index is 0.731. The molecule has 7 aromatic rings. The maximum Gasteiger partial charge on any atom is 0.162 e. The summed E-state index contributed by atoms with van der Waals surface area (Å²) in [6.45, 7) is 0. The predicted molar refractivity (Wildman–Crippen MR) is 169 cm³/mol. The van der Waals surface area contributed by atoms with E-state index in [1.54, 1.807) is 0 Å². The Morgan fingerprint density at radius 3 is 2.24 bits per heavy atom. The van der Waals surface area contributed by atoms with Crippen molar-refractivity contribution < 1.29 is 0 Å². The van der Waals surface area contributed by atoms with Crippen molar-refractivity contribution >= 4 is 38.2 Å². The molecule has 0 radical (unpaired) electrons. The van der Waals surface area contributed by atoms with Crippen LogP contribution in [0.1, 0.15) is 18.5 Å². The average molecular weight is 524 g/mol. The van der Waals surface area contributed by atoms with E-state index in [-0.39, 0.29) is 0 Å². The Hall–Kier alpha value is -5.46. The lowest BCUT2D eigenvalue weighted by atomic mass is 10.00. The Labute approximate surface area is 238 Å². The molecule has 0 saturated heterocycles. The number of rotatable bonds is 4. The fraction of sp³-hybridized carbons (Fsp3) is 0.0526. The molecule has 2 heterocycles. The van der Waals surface area contributed by atoms with Gasteiger partial charge in [-0.2, -0.15) is 0 Å². The van der Waals surface area contributed by atoms with Crippen LogP contribution in [0.15, 0.2) is 127 Å². The van der Waals surface area contributed by atoms with Gasteiger partial charge in [0, 0.05) is 38.7 Å². The van der Waals surface area contributed by atoms with E-state index >= 15 is 0 Å². The third kappa shape index (κ3) is 4.01. The van der Waals surface area contributed by atoms with Crippen LogP contribution in [0.5, 0.6) is 0 Å². The zero-order valence-corrected chi connectivity index (χ0v) is 22.4. The topological polar surface area (TPSA) is 30.7 Å². The third-order valence-corrected chi connectivity index (χ3v) is 7.90. The van der Waals surface area contributed by atoms with E-state index in [4.69, 9.17) is 9.97 Å². The molecule has 0 atom stereocenters. The first-order valence-corrected chi connectivity index (χ1v) is 14.0. The van der Waals surface area contributed by atoms with E-state index in [9.17, 15) is 0 Å². The van der Waals surface area contributed by atoms with Gasteiger partial charge in [-0.15, -0.1) is 0 Å². The summed E-state index contributed by atoms with van der Waals surface area (Å²) in [5.41, 5.74) is 7.61. The number of hydrogen-bond donors (Lipinski definition) is 0. The zero-order chi connectivity index (χ0) is 27.2. The van der Waals surface area contributed by atoms with Crippen molar-refractivity contribution in [3.63, 3.8) is 0 Å². The van der Waals surface area contributed by atoms with Gasteiger partial charge in [0.25, 0.3) is 0 Å². The molecular weight excluding hydrogens is 498 g/mol. The van der Waals surface area contributed by atoms with Gasteiger partial charge >= 0.3 is 0 Å². The van der Waals surface area contributed by atoms with Crippen LogP contribution in [-0.2, 0) is 0 Å². The maximum atomic E-state index is 5.18. The fourth-order valence-electron chi connectivity index (χ4n) is 5.93. The predicted octanol–water partition coefficient (Wildman–Crippen LogP) is 9.39. The molecule has 5 aromatic carbocycles. The highest BCUT2D eigenvalue weighted by Gasteiger charge is 2.19. The largest absolute Gasteiger partial charge is 0.294 e. The highest BCUT2D eigenvalue weighted by atomic mass is 15.1. The highest BCUT2D eigenvalue weighted by Crippen LogP contribution is 2.38. The van der Waals surface area contributed by atoms with Crippen molar-refractivity contribution in [3.05, 3.63) is 145 Å². The molecule has 0 saturated carbocycles. The quantitative estimate of drug-likeness (QED) is 0.230. The van der Waals surface area contributed by atoms with Crippen molar-refractivity contribution in [1.82, 2.24) is 14.5 Å². The van der Waals surface area contributed by atoms with Crippen LogP contribution in [0.3, 0.4) is 0 Å². The second-order valence-electron chi connectivity index (χ2n) is 10.4. The molecule has 0 amide bonds. The molecule has 2 aromatic heterocycles. The summed E-state index contributed by atoms with van der Waals surface area (Å²) >= 11 is 0. The summed E-state index contributed by atoms with van der Waals surface area (Å²) in [5, 5.41) is 4.59. The molecule has 1 aliphatic carbocycles. The Morgan fingerprint density at radius 2 is 1.44 bits per heavy atom. The van der Waals surface area contributed by atoms with E-state index in [0.29, 0.717) is 0 Å². The van der Waals surface area contributed by atoms with Gasteiger partial charge in [-0.3, -0.25) is 4.57 Å². The second-order valence-corrected chi connectivity index (χ2v) is 10.4. The van der Waals surface area contributed by atoms with Gasteiger partial charge in [-0.1, -0.05) is 109 Å². The van der Waals surface area contributed by atoms with Crippen molar-refractivity contribution in [2.75, 3.05) is 0 Å². The third-order valence-electron chi connectivity index (χ3n) is 7.90. The van der Waals surface area contributed by atoms with E-state index in [1.165, 1.54) is 16.3 Å². The number of fused-ring (bicyclic) bond motifs is 5. The minimum absolute atomic E-state index is 0.731. The summed E-state index contributed by atoms with van der Waals surface area (Å²) < 4.78 is 2.29. The van der Waals surface area contributed by atoms with Gasteiger partial charge < -0.3 is 0 Å². The molecule has 0 N–H and O–H groups in total. The number of benzene rings is 4. The average Bonchev–Trinajstić information content (AvgIpc) is 3.40. The Balaban J connectivity index is 1.43. The Morgan fingerprint density at radius 1 is 0.659 bits per heavy atom. The van der Waals surface area contributed by atoms with Crippen molar-refractivity contribution in [1.29, 1.82) is 0 Å². The number of hydrogen-bond acceptors (Lipinski definition) is 2. The fourth-order valence-corrected chi connectivity index (χ4v) is 5.93. The van der Waals surface area contributed by atoms with E-state index < -0.39 is 0 Å². The molecule has 3 nitrogen and oxygen atoms in total. The zero-order valence-electron chi connectivity index (χ0n) is 22.4. The normalized spacial score (nSPS) is 13.0. The van der Waals surface area contributed by atoms with Crippen molar-refractivity contribution in [3.8, 4) is 28.3 Å². The molecule has 0 fully saturated rings. The highest BCUT2D eigenvalue weighted by molar-refractivity contribution is 6.21. The molecule has 1 aliphatic rings. The van der Waals surface area contributed by atoms with Gasteiger partial charge in [0.15, 0.2) is 5.82 Å². The number of para-hydroxylation sites is 1. The maximum absolute atomic E-state index is 5.18. The number of allylic oxidation sites excluding steroid dienone is 4. The molecule has 0 bridgehead atoms. The molecule has 0 unspecified atom stereocenters. The van der Waals surface area contributed by atoms with Gasteiger partial charge in [0.05, 0.1) is 16.7 Å². The number of aromatic nitrogens is 3. The monoisotopic (exact) mass is 523 g/mol. The van der Waals surface area contributed by atoms with Crippen LogP contribution in [0.25, 0.3) is 66.5 Å². The van der Waals surface area contributed by atoms with Gasteiger partial charge in [-0.05, 0) is 48.2 Å². The molecule has 192 valence electrons. The first-order chi connectivity index (χ1) is 20.3. The summed E-state index contributed by atoms with van der Waals surface area (Å²) in [6, 6.07) is 44.8. The van der Waals surface area contributed by atoms with Crippen molar-refractivity contribution in [2.24, 2.45) is 0 Å². The lowest BCUT2D eigenvalue weighted by molar-refractivity contribution is 1.00. The molecule has 3 heteroatoms. The SMILES string of the molecule is c1c(-c2ccccc2)cc2c(c#1)ccc1c2c2ccccc2n1-c1cc(C2=CC=CCC2)nc(-c2ccccc2)n1. The van der Waals surface area contributed by atoms with Gasteiger partial charge in [0.2, 0.25) is 0 Å². The van der Waals surface area contributed by atoms with E-state index in [1.807, 2.05) is 24.3 Å². The number of nitrogens with zero attached hydrogens (tertiary/aromatic N) is 3.